The minimum absolute atomic E-state index is 0.0552. The van der Waals surface area contributed by atoms with Gasteiger partial charge in [-0.2, -0.15) is 5.26 Å². The van der Waals surface area contributed by atoms with Crippen molar-refractivity contribution < 1.29 is 5.11 Å². The number of hydrogen-bond donors (Lipinski definition) is 1. The Bertz CT molecular complexity index is 257. The van der Waals surface area contributed by atoms with E-state index in [9.17, 15) is 0 Å². The molecular formula is C9H13NOS2. The largest absolute Gasteiger partial charge is 0.502 e. The highest BCUT2D eigenvalue weighted by Crippen LogP contribution is 2.26. The molecule has 0 radical (unpaired) electrons. The van der Waals surface area contributed by atoms with Crippen LogP contribution in [0.3, 0.4) is 0 Å². The van der Waals surface area contributed by atoms with E-state index in [1.807, 2.05) is 6.92 Å². The van der Waals surface area contributed by atoms with Crippen molar-refractivity contribution in [2.24, 2.45) is 5.41 Å². The first-order valence-corrected chi connectivity index (χ1v) is 4.94. The second kappa shape index (κ2) is 5.25. The maximum atomic E-state index is 8.94. The van der Waals surface area contributed by atoms with Gasteiger partial charge in [0, 0.05) is 11.3 Å². The fraction of sp³-hybridized carbons (Fsp3) is 0.667. The lowest BCUT2D eigenvalue weighted by Gasteiger charge is -2.21. The highest BCUT2D eigenvalue weighted by atomic mass is 32.1. The van der Waals surface area contributed by atoms with Crippen LogP contribution >= 0.6 is 24.4 Å². The Morgan fingerprint density at radius 2 is 2.08 bits per heavy atom. The van der Waals surface area contributed by atoms with Gasteiger partial charge in [-0.25, -0.2) is 0 Å². The van der Waals surface area contributed by atoms with Gasteiger partial charge in [-0.3, -0.25) is 0 Å². The van der Waals surface area contributed by atoms with Crippen LogP contribution in [0.1, 0.15) is 33.1 Å². The first kappa shape index (κ1) is 12.5. The van der Waals surface area contributed by atoms with Crippen LogP contribution in [0.25, 0.3) is 0 Å². The molecule has 1 atom stereocenters. The summed E-state index contributed by atoms with van der Waals surface area (Å²) in [4.78, 5) is 0.728. The summed E-state index contributed by atoms with van der Waals surface area (Å²) in [5.41, 5.74) is -0.628. The topological polar surface area (TPSA) is 44.0 Å². The van der Waals surface area contributed by atoms with Gasteiger partial charge in [-0.05, 0) is 32.0 Å². The molecule has 0 aromatic rings. The van der Waals surface area contributed by atoms with E-state index < -0.39 is 5.41 Å². The van der Waals surface area contributed by atoms with E-state index in [0.717, 1.165) is 4.86 Å². The van der Waals surface area contributed by atoms with Crippen LogP contribution < -0.4 is 0 Å². The molecule has 0 rings (SSSR count). The van der Waals surface area contributed by atoms with Gasteiger partial charge in [0.2, 0.25) is 0 Å². The molecule has 0 aliphatic carbocycles. The summed E-state index contributed by atoms with van der Waals surface area (Å²) >= 11 is 9.63. The molecule has 0 fully saturated rings. The molecular weight excluding hydrogens is 202 g/mol. The van der Waals surface area contributed by atoms with Gasteiger partial charge in [-0.15, -0.1) is 0 Å². The Hall–Kier alpha value is -0.530. The summed E-state index contributed by atoms with van der Waals surface area (Å²) in [6, 6.07) is 2.17. The molecule has 0 aliphatic rings. The fourth-order valence-corrected chi connectivity index (χ4v) is 1.25. The fourth-order valence-electron chi connectivity index (χ4n) is 1.00. The second-order valence-electron chi connectivity index (χ2n) is 3.11. The summed E-state index contributed by atoms with van der Waals surface area (Å²) < 4.78 is 0. The molecule has 0 amide bonds. The van der Waals surface area contributed by atoms with Gasteiger partial charge in [0.05, 0.1) is 11.5 Å². The van der Waals surface area contributed by atoms with Crippen LogP contribution in [0, 0.1) is 16.7 Å². The Kier molecular flexibility index (Phi) is 5.04. The minimum atomic E-state index is -0.628. The molecule has 0 aromatic carbocycles. The number of rotatable bonds is 5. The predicted molar refractivity (Wildman–Crippen MR) is 61.1 cm³/mol. The summed E-state index contributed by atoms with van der Waals surface area (Å²) in [7, 11) is 0. The van der Waals surface area contributed by atoms with Gasteiger partial charge < -0.3 is 5.11 Å². The van der Waals surface area contributed by atoms with E-state index in [1.54, 1.807) is 6.92 Å². The standard InChI is InChI=1S/C9H13NOS2/c1-3-7(12)9(2,6-10)5-4-8(11)13/h3-5H2,1-2H3,(H,11,13). The lowest BCUT2D eigenvalue weighted by molar-refractivity contribution is 0.505. The van der Waals surface area contributed by atoms with E-state index in [1.165, 1.54) is 0 Å². The molecule has 1 N–H and O–H groups in total. The van der Waals surface area contributed by atoms with Crippen LogP contribution in [0.15, 0.2) is 0 Å². The molecule has 0 saturated heterocycles. The first-order chi connectivity index (χ1) is 5.96. The van der Waals surface area contributed by atoms with E-state index in [4.69, 9.17) is 22.6 Å². The van der Waals surface area contributed by atoms with Crippen LogP contribution in [0.5, 0.6) is 0 Å². The Morgan fingerprint density at radius 1 is 1.54 bits per heavy atom. The van der Waals surface area contributed by atoms with Gasteiger partial charge in [0.15, 0.2) is 5.05 Å². The first-order valence-electron chi connectivity index (χ1n) is 4.12. The van der Waals surface area contributed by atoms with Crippen molar-refractivity contribution in [3.63, 3.8) is 0 Å². The quantitative estimate of drug-likeness (QED) is 0.716. The van der Waals surface area contributed by atoms with Crippen molar-refractivity contribution in [2.75, 3.05) is 0 Å². The Morgan fingerprint density at radius 3 is 2.38 bits per heavy atom. The molecule has 0 aromatic heterocycles. The molecule has 72 valence electrons. The number of hydrogen-bond acceptors (Lipinski definition) is 3. The zero-order chi connectivity index (χ0) is 10.5. The van der Waals surface area contributed by atoms with Gasteiger partial charge in [-0.1, -0.05) is 19.1 Å². The van der Waals surface area contributed by atoms with Crippen molar-refractivity contribution in [3.8, 4) is 6.07 Å². The van der Waals surface area contributed by atoms with Crippen molar-refractivity contribution in [2.45, 2.75) is 33.1 Å². The lowest BCUT2D eigenvalue weighted by Crippen LogP contribution is -2.24. The number of thiocarbonyl (C=S) groups is 2. The number of nitrogens with zero attached hydrogens (tertiary/aromatic N) is 1. The average molecular weight is 215 g/mol. The number of aliphatic hydroxyl groups excluding tert-OH is 1. The highest BCUT2D eigenvalue weighted by Gasteiger charge is 2.27. The molecule has 0 saturated carbocycles. The maximum absolute atomic E-state index is 8.94. The SMILES string of the molecule is CCC(=S)C(C)(C#N)CCC(O)=S. The normalized spacial score (nSPS) is 14.2. The van der Waals surface area contributed by atoms with Crippen molar-refractivity contribution in [1.82, 2.24) is 0 Å². The molecule has 2 nitrogen and oxygen atoms in total. The molecule has 0 heterocycles. The summed E-state index contributed by atoms with van der Waals surface area (Å²) in [6.45, 7) is 3.71. The maximum Gasteiger partial charge on any atom is 0.156 e. The van der Waals surface area contributed by atoms with Crippen LogP contribution in [0.4, 0.5) is 0 Å². The van der Waals surface area contributed by atoms with E-state index >= 15 is 0 Å². The monoisotopic (exact) mass is 215 g/mol. The summed E-state index contributed by atoms with van der Waals surface area (Å²) in [5, 5.41) is 17.7. The van der Waals surface area contributed by atoms with E-state index in [2.05, 4.69) is 18.3 Å². The van der Waals surface area contributed by atoms with Gasteiger partial charge in [0.25, 0.3) is 0 Å². The zero-order valence-corrected chi connectivity index (χ0v) is 9.47. The van der Waals surface area contributed by atoms with E-state index in [0.29, 0.717) is 19.3 Å². The van der Waals surface area contributed by atoms with Crippen LogP contribution in [-0.2, 0) is 0 Å². The third-order valence-electron chi connectivity index (χ3n) is 2.02. The van der Waals surface area contributed by atoms with Gasteiger partial charge >= 0.3 is 0 Å². The molecule has 1 unspecified atom stereocenters. The highest BCUT2D eigenvalue weighted by molar-refractivity contribution is 7.80. The molecule has 13 heavy (non-hydrogen) atoms. The number of nitriles is 1. The minimum Gasteiger partial charge on any atom is -0.502 e. The Balaban J connectivity index is 4.39. The van der Waals surface area contributed by atoms with E-state index in [-0.39, 0.29) is 5.05 Å². The van der Waals surface area contributed by atoms with Crippen LogP contribution in [0.2, 0.25) is 0 Å². The van der Waals surface area contributed by atoms with Crippen molar-refractivity contribution in [1.29, 1.82) is 5.26 Å². The van der Waals surface area contributed by atoms with Crippen LogP contribution in [-0.4, -0.2) is 15.0 Å². The second-order valence-corrected chi connectivity index (χ2v) is 4.08. The summed E-state index contributed by atoms with van der Waals surface area (Å²) in [6.07, 6.45) is 1.57. The molecule has 4 heteroatoms. The molecule has 0 spiro atoms. The third kappa shape index (κ3) is 3.79. The Labute approximate surface area is 89.6 Å². The van der Waals surface area contributed by atoms with Crippen molar-refractivity contribution >= 4 is 34.4 Å². The predicted octanol–water partition coefficient (Wildman–Crippen LogP) is 2.96. The number of aliphatic hydroxyl groups is 1. The average Bonchev–Trinajstić information content (AvgIpc) is 2.12. The zero-order valence-electron chi connectivity index (χ0n) is 7.83. The lowest BCUT2D eigenvalue weighted by atomic mass is 9.82. The smallest absolute Gasteiger partial charge is 0.156 e. The molecule has 0 bridgehead atoms. The molecule has 0 aliphatic heterocycles. The van der Waals surface area contributed by atoms with Gasteiger partial charge in [0.1, 0.15) is 0 Å². The summed E-state index contributed by atoms with van der Waals surface area (Å²) in [5.74, 6) is 0. The third-order valence-corrected chi connectivity index (χ3v) is 2.97. The van der Waals surface area contributed by atoms with Crippen molar-refractivity contribution in [3.05, 3.63) is 0 Å².